The Kier molecular flexibility index (Phi) is 7.19. The summed E-state index contributed by atoms with van der Waals surface area (Å²) in [6, 6.07) is 12.5. The SMILES string of the molecule is CN1CCCCC1COC(=O)C(NCc1ccc(C(=O)O)s1)c1ccccc1. The Bertz CT molecular complexity index is 793. The van der Waals surface area contributed by atoms with Crippen molar-refractivity contribution in [2.75, 3.05) is 20.2 Å². The number of carbonyl (C=O) groups is 2. The van der Waals surface area contributed by atoms with E-state index in [1.165, 1.54) is 17.8 Å². The quantitative estimate of drug-likeness (QED) is 0.660. The van der Waals surface area contributed by atoms with Crippen molar-refractivity contribution in [2.45, 2.75) is 37.9 Å². The monoisotopic (exact) mass is 402 g/mol. The predicted molar refractivity (Wildman–Crippen MR) is 109 cm³/mol. The van der Waals surface area contributed by atoms with Crippen molar-refractivity contribution in [1.82, 2.24) is 10.2 Å². The van der Waals surface area contributed by atoms with Gasteiger partial charge in [0.25, 0.3) is 0 Å². The fraction of sp³-hybridized carbons (Fsp3) is 0.429. The van der Waals surface area contributed by atoms with Crippen LogP contribution in [0.5, 0.6) is 0 Å². The molecule has 2 N–H and O–H groups in total. The summed E-state index contributed by atoms with van der Waals surface area (Å²) in [5.41, 5.74) is 0.833. The van der Waals surface area contributed by atoms with Gasteiger partial charge >= 0.3 is 11.9 Å². The Morgan fingerprint density at radius 1 is 1.25 bits per heavy atom. The van der Waals surface area contributed by atoms with E-state index in [1.807, 2.05) is 30.3 Å². The van der Waals surface area contributed by atoms with Crippen LogP contribution in [0.25, 0.3) is 0 Å². The molecule has 1 aliphatic rings. The lowest BCUT2D eigenvalue weighted by atomic mass is 10.0. The first-order chi connectivity index (χ1) is 13.5. The van der Waals surface area contributed by atoms with E-state index in [-0.39, 0.29) is 16.9 Å². The van der Waals surface area contributed by atoms with E-state index in [9.17, 15) is 9.59 Å². The van der Waals surface area contributed by atoms with Gasteiger partial charge in [-0.15, -0.1) is 11.3 Å². The fourth-order valence-corrected chi connectivity index (χ4v) is 4.19. The molecule has 150 valence electrons. The van der Waals surface area contributed by atoms with Crippen LogP contribution < -0.4 is 5.32 Å². The molecular formula is C21H26N2O4S. The van der Waals surface area contributed by atoms with Crippen LogP contribution in [0.3, 0.4) is 0 Å². The fourth-order valence-electron chi connectivity index (χ4n) is 3.39. The van der Waals surface area contributed by atoms with Crippen LogP contribution in [0.2, 0.25) is 0 Å². The highest BCUT2D eigenvalue weighted by atomic mass is 32.1. The summed E-state index contributed by atoms with van der Waals surface area (Å²) in [4.78, 5) is 27.3. The number of carboxylic acid groups (broad SMARTS) is 1. The van der Waals surface area contributed by atoms with Crippen molar-refractivity contribution in [1.29, 1.82) is 0 Å². The number of carbonyl (C=O) groups excluding carboxylic acids is 1. The van der Waals surface area contributed by atoms with Crippen molar-refractivity contribution < 1.29 is 19.4 Å². The highest BCUT2D eigenvalue weighted by Crippen LogP contribution is 2.21. The van der Waals surface area contributed by atoms with Crippen LogP contribution in [0.4, 0.5) is 0 Å². The summed E-state index contributed by atoms with van der Waals surface area (Å²) in [5.74, 6) is -1.24. The van der Waals surface area contributed by atoms with Crippen LogP contribution in [0.1, 0.15) is 45.4 Å². The molecule has 1 aromatic carbocycles. The van der Waals surface area contributed by atoms with Crippen LogP contribution in [0, 0.1) is 0 Å². The number of thiophene rings is 1. The standard InChI is InChI=1S/C21H26N2O4S/c1-23-12-6-5-9-16(23)14-27-21(26)19(15-7-3-2-4-8-15)22-13-17-10-11-18(28-17)20(24)25/h2-4,7-8,10-11,16,19,22H,5-6,9,12-14H2,1H3,(H,24,25). The summed E-state index contributed by atoms with van der Waals surface area (Å²) >= 11 is 1.21. The lowest BCUT2D eigenvalue weighted by Crippen LogP contribution is -2.41. The molecule has 2 unspecified atom stereocenters. The van der Waals surface area contributed by atoms with Gasteiger partial charge in [0.2, 0.25) is 0 Å². The second kappa shape index (κ2) is 9.82. The summed E-state index contributed by atoms with van der Waals surface area (Å²) in [6.07, 6.45) is 3.39. The number of carboxylic acids is 1. The van der Waals surface area contributed by atoms with Gasteiger partial charge in [-0.1, -0.05) is 36.8 Å². The van der Waals surface area contributed by atoms with E-state index in [2.05, 4.69) is 17.3 Å². The molecule has 1 aliphatic heterocycles. The summed E-state index contributed by atoms with van der Waals surface area (Å²) in [6.45, 7) is 1.82. The average Bonchev–Trinajstić information content (AvgIpc) is 3.18. The Hall–Kier alpha value is -2.22. The Morgan fingerprint density at radius 3 is 2.71 bits per heavy atom. The van der Waals surface area contributed by atoms with Crippen molar-refractivity contribution in [3.63, 3.8) is 0 Å². The smallest absolute Gasteiger partial charge is 0.345 e. The first-order valence-electron chi connectivity index (χ1n) is 9.52. The summed E-state index contributed by atoms with van der Waals surface area (Å²) in [7, 11) is 2.07. The van der Waals surface area contributed by atoms with E-state index in [0.717, 1.165) is 29.8 Å². The number of hydrogen-bond donors (Lipinski definition) is 2. The number of rotatable bonds is 8. The van der Waals surface area contributed by atoms with Gasteiger partial charge in [-0.3, -0.25) is 5.32 Å². The maximum atomic E-state index is 12.8. The molecule has 7 heteroatoms. The number of aromatic carboxylic acids is 1. The molecule has 0 bridgehead atoms. The minimum atomic E-state index is -0.938. The molecule has 0 aliphatic carbocycles. The first-order valence-corrected chi connectivity index (χ1v) is 10.3. The predicted octanol–water partition coefficient (Wildman–Crippen LogP) is 3.30. The maximum absolute atomic E-state index is 12.8. The lowest BCUT2D eigenvalue weighted by molar-refractivity contribution is -0.148. The third kappa shape index (κ3) is 5.41. The highest BCUT2D eigenvalue weighted by Gasteiger charge is 2.25. The van der Waals surface area contributed by atoms with E-state index >= 15 is 0 Å². The maximum Gasteiger partial charge on any atom is 0.345 e. The summed E-state index contributed by atoms with van der Waals surface area (Å²) < 4.78 is 5.67. The number of ether oxygens (including phenoxy) is 1. The number of hydrogen-bond acceptors (Lipinski definition) is 6. The van der Waals surface area contributed by atoms with Crippen LogP contribution >= 0.6 is 11.3 Å². The largest absolute Gasteiger partial charge is 0.477 e. The molecule has 0 amide bonds. The Balaban J connectivity index is 1.64. The van der Waals surface area contributed by atoms with Crippen molar-refractivity contribution >= 4 is 23.3 Å². The molecule has 2 atom stereocenters. The topological polar surface area (TPSA) is 78.9 Å². The molecular weight excluding hydrogens is 376 g/mol. The zero-order valence-electron chi connectivity index (χ0n) is 16.0. The van der Waals surface area contributed by atoms with E-state index < -0.39 is 12.0 Å². The van der Waals surface area contributed by atoms with Gasteiger partial charge in [0.05, 0.1) is 0 Å². The molecule has 1 saturated heterocycles. The van der Waals surface area contributed by atoms with Gasteiger partial charge in [-0.05, 0) is 44.1 Å². The number of benzene rings is 1. The molecule has 0 radical (unpaired) electrons. The van der Waals surface area contributed by atoms with Crippen LogP contribution in [-0.4, -0.2) is 48.2 Å². The molecule has 2 aromatic rings. The normalized spacial score (nSPS) is 18.5. The van der Waals surface area contributed by atoms with E-state index in [4.69, 9.17) is 9.84 Å². The second-order valence-electron chi connectivity index (χ2n) is 7.06. The number of piperidine rings is 1. The van der Waals surface area contributed by atoms with Gasteiger partial charge in [-0.25, -0.2) is 9.59 Å². The van der Waals surface area contributed by atoms with Gasteiger partial charge < -0.3 is 14.7 Å². The molecule has 6 nitrogen and oxygen atoms in total. The Labute approximate surface area is 169 Å². The lowest BCUT2D eigenvalue weighted by Gasteiger charge is -2.32. The molecule has 0 spiro atoms. The minimum absolute atomic E-state index is 0.268. The van der Waals surface area contributed by atoms with Crippen molar-refractivity contribution in [3.05, 3.63) is 57.8 Å². The van der Waals surface area contributed by atoms with Gasteiger partial charge in [0.15, 0.2) is 0 Å². The minimum Gasteiger partial charge on any atom is -0.477 e. The zero-order chi connectivity index (χ0) is 19.9. The third-order valence-corrected chi connectivity index (χ3v) is 6.13. The van der Waals surface area contributed by atoms with Gasteiger partial charge in [0.1, 0.15) is 17.5 Å². The van der Waals surface area contributed by atoms with Gasteiger partial charge in [0, 0.05) is 17.5 Å². The van der Waals surface area contributed by atoms with E-state index in [0.29, 0.717) is 13.2 Å². The number of likely N-dealkylation sites (tertiary alicyclic amines) is 1. The highest BCUT2D eigenvalue weighted by molar-refractivity contribution is 7.13. The summed E-state index contributed by atoms with van der Waals surface area (Å²) in [5, 5.41) is 12.3. The van der Waals surface area contributed by atoms with Crippen molar-refractivity contribution in [3.8, 4) is 0 Å². The Morgan fingerprint density at radius 2 is 2.04 bits per heavy atom. The molecule has 2 heterocycles. The first kappa shape index (κ1) is 20.5. The second-order valence-corrected chi connectivity index (χ2v) is 8.22. The molecule has 0 saturated carbocycles. The molecule has 1 fully saturated rings. The number of esters is 1. The van der Waals surface area contributed by atoms with Gasteiger partial charge in [-0.2, -0.15) is 0 Å². The van der Waals surface area contributed by atoms with Crippen molar-refractivity contribution in [2.24, 2.45) is 0 Å². The molecule has 3 rings (SSSR count). The zero-order valence-corrected chi connectivity index (χ0v) is 16.8. The van der Waals surface area contributed by atoms with Crippen LogP contribution in [0.15, 0.2) is 42.5 Å². The third-order valence-electron chi connectivity index (χ3n) is 5.06. The molecule has 1 aromatic heterocycles. The molecule has 28 heavy (non-hydrogen) atoms. The number of nitrogens with zero attached hydrogens (tertiary/aromatic N) is 1. The van der Waals surface area contributed by atoms with E-state index in [1.54, 1.807) is 12.1 Å². The number of likely N-dealkylation sites (N-methyl/N-ethyl adjacent to an activating group) is 1. The van der Waals surface area contributed by atoms with Crippen LogP contribution in [-0.2, 0) is 16.1 Å². The number of nitrogens with one attached hydrogen (secondary N) is 1. The average molecular weight is 403 g/mol.